The van der Waals surface area contributed by atoms with Crippen molar-refractivity contribution in [2.45, 2.75) is 46.3 Å². The summed E-state index contributed by atoms with van der Waals surface area (Å²) in [6, 6.07) is 3.43. The van der Waals surface area contributed by atoms with Crippen LogP contribution >= 0.6 is 0 Å². The van der Waals surface area contributed by atoms with Crippen LogP contribution in [0.4, 0.5) is 11.5 Å². The van der Waals surface area contributed by atoms with E-state index in [1.807, 2.05) is 6.92 Å². The van der Waals surface area contributed by atoms with Crippen LogP contribution < -0.4 is 5.32 Å². The Hall–Kier alpha value is -1.69. The van der Waals surface area contributed by atoms with E-state index in [2.05, 4.69) is 24.1 Å². The topological polar surface area (TPSA) is 77.3 Å². The molecule has 110 valence electrons. The van der Waals surface area contributed by atoms with Gasteiger partial charge in [-0.1, -0.05) is 13.8 Å². The number of anilines is 1. The van der Waals surface area contributed by atoms with Crippen molar-refractivity contribution in [3.05, 3.63) is 27.9 Å². The lowest BCUT2D eigenvalue weighted by molar-refractivity contribution is -0.385. The number of aryl methyl sites for hydroxylation is 1. The Bertz CT molecular complexity index is 516. The third-order valence-corrected chi connectivity index (χ3v) is 4.12. The molecule has 0 radical (unpaired) electrons. The molecule has 1 aliphatic rings. The second-order valence-corrected chi connectivity index (χ2v) is 5.76. The lowest BCUT2D eigenvalue weighted by atomic mass is 9.64. The van der Waals surface area contributed by atoms with Crippen molar-refractivity contribution in [1.82, 2.24) is 4.98 Å². The zero-order chi connectivity index (χ0) is 14.9. The van der Waals surface area contributed by atoms with Gasteiger partial charge in [0.05, 0.1) is 11.0 Å². The number of nitrogens with one attached hydrogen (secondary N) is 1. The van der Waals surface area contributed by atoms with E-state index in [1.165, 1.54) is 6.07 Å². The highest BCUT2D eigenvalue weighted by Crippen LogP contribution is 2.44. The fourth-order valence-corrected chi connectivity index (χ4v) is 2.62. The molecule has 1 aromatic heterocycles. The molecule has 1 N–H and O–H groups in total. The molecule has 1 heterocycles. The summed E-state index contributed by atoms with van der Waals surface area (Å²) in [5.74, 6) is 0.682. The largest absolute Gasteiger partial charge is 0.378 e. The van der Waals surface area contributed by atoms with Crippen molar-refractivity contribution in [3.8, 4) is 0 Å². The molecule has 1 aliphatic carbocycles. The zero-order valence-corrected chi connectivity index (χ0v) is 12.3. The van der Waals surface area contributed by atoms with E-state index in [1.54, 1.807) is 13.0 Å². The quantitative estimate of drug-likeness (QED) is 0.662. The summed E-state index contributed by atoms with van der Waals surface area (Å²) in [5, 5.41) is 14.1. The number of hydrogen-bond acceptors (Lipinski definition) is 5. The van der Waals surface area contributed by atoms with Gasteiger partial charge in [0, 0.05) is 24.1 Å². The van der Waals surface area contributed by atoms with Crippen LogP contribution in [0.15, 0.2) is 12.1 Å². The van der Waals surface area contributed by atoms with Gasteiger partial charge >= 0.3 is 0 Å². The first-order valence-electron chi connectivity index (χ1n) is 6.86. The minimum atomic E-state index is -0.412. The third-order valence-electron chi connectivity index (χ3n) is 4.12. The van der Waals surface area contributed by atoms with Gasteiger partial charge in [0.1, 0.15) is 11.5 Å². The second kappa shape index (κ2) is 5.36. The van der Waals surface area contributed by atoms with Crippen LogP contribution in [0.25, 0.3) is 0 Å². The molecule has 1 fully saturated rings. The molecule has 20 heavy (non-hydrogen) atoms. The number of aromatic nitrogens is 1. The molecule has 0 spiro atoms. The smallest absolute Gasteiger partial charge is 0.290 e. The maximum Gasteiger partial charge on any atom is 0.290 e. The standard InChI is InChI=1S/C14H21N3O3/c1-5-20-12-8-11(14(12,3)4)16-13-7-6-10(17(18)19)9(2)15-13/h6-7,11-12H,5,8H2,1-4H3,(H,15,16). The van der Waals surface area contributed by atoms with Gasteiger partial charge in [-0.25, -0.2) is 4.98 Å². The highest BCUT2D eigenvalue weighted by molar-refractivity contribution is 5.46. The maximum absolute atomic E-state index is 10.8. The van der Waals surface area contributed by atoms with Gasteiger partial charge in [0.25, 0.3) is 5.69 Å². The molecule has 0 amide bonds. The number of nitro groups is 1. The van der Waals surface area contributed by atoms with Crippen molar-refractivity contribution in [1.29, 1.82) is 0 Å². The number of pyridine rings is 1. The third kappa shape index (κ3) is 2.60. The average molecular weight is 279 g/mol. The van der Waals surface area contributed by atoms with Gasteiger partial charge in [-0.15, -0.1) is 0 Å². The lowest BCUT2D eigenvalue weighted by Crippen LogP contribution is -2.58. The molecule has 6 nitrogen and oxygen atoms in total. The van der Waals surface area contributed by atoms with E-state index in [0.29, 0.717) is 11.5 Å². The Kier molecular flexibility index (Phi) is 3.94. The van der Waals surface area contributed by atoms with E-state index < -0.39 is 4.92 Å². The first kappa shape index (κ1) is 14.7. The van der Waals surface area contributed by atoms with Gasteiger partial charge in [-0.2, -0.15) is 0 Å². The van der Waals surface area contributed by atoms with Crippen LogP contribution in [0, 0.1) is 22.5 Å². The van der Waals surface area contributed by atoms with Crippen molar-refractivity contribution in [2.24, 2.45) is 5.41 Å². The summed E-state index contributed by atoms with van der Waals surface area (Å²) in [4.78, 5) is 14.6. The van der Waals surface area contributed by atoms with Crippen LogP contribution in [-0.4, -0.2) is 28.7 Å². The van der Waals surface area contributed by atoms with Gasteiger partial charge in [-0.3, -0.25) is 10.1 Å². The summed E-state index contributed by atoms with van der Waals surface area (Å²) in [6.07, 6.45) is 1.18. The normalized spacial score (nSPS) is 24.0. The van der Waals surface area contributed by atoms with E-state index in [4.69, 9.17) is 4.74 Å². The number of rotatable bonds is 5. The minimum Gasteiger partial charge on any atom is -0.378 e. The molecule has 1 saturated carbocycles. The number of hydrogen-bond donors (Lipinski definition) is 1. The predicted molar refractivity (Wildman–Crippen MR) is 76.9 cm³/mol. The monoisotopic (exact) mass is 279 g/mol. The fraction of sp³-hybridized carbons (Fsp3) is 0.643. The summed E-state index contributed by atoms with van der Waals surface area (Å²) in [5.41, 5.74) is 0.516. The van der Waals surface area contributed by atoms with Crippen LogP contribution in [0.1, 0.15) is 32.9 Å². The molecule has 2 unspecified atom stereocenters. The Morgan fingerprint density at radius 3 is 2.75 bits per heavy atom. The lowest BCUT2D eigenvalue weighted by Gasteiger charge is -2.51. The van der Waals surface area contributed by atoms with Crippen LogP contribution in [0.5, 0.6) is 0 Å². The summed E-state index contributed by atoms with van der Waals surface area (Å²) in [7, 11) is 0. The van der Waals surface area contributed by atoms with E-state index in [9.17, 15) is 10.1 Å². The molecule has 0 bridgehead atoms. The predicted octanol–water partition coefficient (Wildman–Crippen LogP) is 2.91. The van der Waals surface area contributed by atoms with Gasteiger partial charge in [0.15, 0.2) is 0 Å². The van der Waals surface area contributed by atoms with Gasteiger partial charge in [-0.05, 0) is 26.3 Å². The molecule has 0 saturated heterocycles. The highest BCUT2D eigenvalue weighted by atomic mass is 16.6. The van der Waals surface area contributed by atoms with Crippen molar-refractivity contribution in [2.75, 3.05) is 11.9 Å². The Labute approximate surface area is 118 Å². The number of ether oxygens (including phenoxy) is 1. The molecular formula is C14H21N3O3. The molecule has 2 rings (SSSR count). The SMILES string of the molecule is CCOC1CC(Nc2ccc([N+](=O)[O-])c(C)n2)C1(C)C. The average Bonchev–Trinajstić information content (AvgIpc) is 2.37. The fourth-order valence-electron chi connectivity index (χ4n) is 2.62. The second-order valence-electron chi connectivity index (χ2n) is 5.76. The van der Waals surface area contributed by atoms with Gasteiger partial charge < -0.3 is 10.1 Å². The molecule has 2 atom stereocenters. The summed E-state index contributed by atoms with van der Waals surface area (Å²) < 4.78 is 5.69. The minimum absolute atomic E-state index is 0.0351. The summed E-state index contributed by atoms with van der Waals surface area (Å²) in [6.45, 7) is 8.69. The first-order valence-corrected chi connectivity index (χ1v) is 6.86. The Balaban J connectivity index is 2.05. The van der Waals surface area contributed by atoms with E-state index in [-0.39, 0.29) is 23.2 Å². The van der Waals surface area contributed by atoms with Crippen LogP contribution in [-0.2, 0) is 4.74 Å². The zero-order valence-electron chi connectivity index (χ0n) is 12.3. The van der Waals surface area contributed by atoms with Crippen LogP contribution in [0.2, 0.25) is 0 Å². The number of nitrogens with zero attached hydrogens (tertiary/aromatic N) is 2. The molecule has 0 aliphatic heterocycles. The molecular weight excluding hydrogens is 258 g/mol. The highest BCUT2D eigenvalue weighted by Gasteiger charge is 2.49. The van der Waals surface area contributed by atoms with Gasteiger partial charge in [0.2, 0.25) is 0 Å². The maximum atomic E-state index is 10.8. The Morgan fingerprint density at radius 1 is 1.55 bits per heavy atom. The Morgan fingerprint density at radius 2 is 2.25 bits per heavy atom. The van der Waals surface area contributed by atoms with E-state index in [0.717, 1.165) is 13.0 Å². The van der Waals surface area contributed by atoms with E-state index >= 15 is 0 Å². The van der Waals surface area contributed by atoms with Crippen molar-refractivity contribution >= 4 is 11.5 Å². The first-order chi connectivity index (χ1) is 9.36. The molecule has 0 aromatic carbocycles. The molecule has 1 aromatic rings. The van der Waals surface area contributed by atoms with Crippen molar-refractivity contribution < 1.29 is 9.66 Å². The molecule has 6 heteroatoms. The van der Waals surface area contributed by atoms with Crippen molar-refractivity contribution in [3.63, 3.8) is 0 Å². The summed E-state index contributed by atoms with van der Waals surface area (Å²) >= 11 is 0. The van der Waals surface area contributed by atoms with Crippen LogP contribution in [0.3, 0.4) is 0 Å².